The van der Waals surface area contributed by atoms with Gasteiger partial charge in [-0.2, -0.15) is 0 Å². The number of nitrogens with one attached hydrogen (secondary N) is 1. The summed E-state index contributed by atoms with van der Waals surface area (Å²) >= 11 is 0. The third-order valence-corrected chi connectivity index (χ3v) is 4.35. The molecule has 3 heterocycles. The van der Waals surface area contributed by atoms with Crippen LogP contribution in [0.4, 0.5) is 0 Å². The summed E-state index contributed by atoms with van der Waals surface area (Å²) in [6.45, 7) is 6.72. The number of H-pyrrole nitrogens is 1. The van der Waals surface area contributed by atoms with Crippen LogP contribution in [0.1, 0.15) is 35.1 Å². The van der Waals surface area contributed by atoms with E-state index in [4.69, 9.17) is 0 Å². The van der Waals surface area contributed by atoms with Crippen LogP contribution >= 0.6 is 0 Å². The summed E-state index contributed by atoms with van der Waals surface area (Å²) in [7, 11) is 1.81. The van der Waals surface area contributed by atoms with Crippen molar-refractivity contribution in [3.8, 4) is 22.6 Å². The predicted octanol–water partition coefficient (Wildman–Crippen LogP) is 3.63. The lowest BCUT2D eigenvalue weighted by Crippen LogP contribution is -2.27. The molecule has 3 aromatic heterocycles. The highest BCUT2D eigenvalue weighted by Crippen LogP contribution is 2.24. The molecule has 0 fully saturated rings. The molecule has 0 aliphatic rings. The molecule has 0 aliphatic carbocycles. The molecule has 0 bridgehead atoms. The Bertz CT molecular complexity index is 912. The second kappa shape index (κ2) is 7.47. The number of pyridine rings is 2. The van der Waals surface area contributed by atoms with Crippen LogP contribution in [0.5, 0.6) is 0 Å². The van der Waals surface area contributed by atoms with Crippen LogP contribution in [0.25, 0.3) is 22.6 Å². The highest BCUT2D eigenvalue weighted by Gasteiger charge is 2.13. The van der Waals surface area contributed by atoms with E-state index in [-0.39, 0.29) is 5.91 Å². The van der Waals surface area contributed by atoms with Gasteiger partial charge in [-0.3, -0.25) is 14.8 Å². The topological polar surface area (TPSA) is 74.8 Å². The van der Waals surface area contributed by atoms with Crippen LogP contribution < -0.4 is 0 Å². The molecule has 3 aromatic rings. The van der Waals surface area contributed by atoms with Crippen molar-refractivity contribution < 1.29 is 4.79 Å². The molecule has 0 aliphatic heterocycles. The van der Waals surface area contributed by atoms with Gasteiger partial charge in [0.2, 0.25) is 0 Å². The number of carbonyl (C=O) groups excluding carboxylic acids is 1. The molecule has 6 nitrogen and oxygen atoms in total. The maximum Gasteiger partial charge on any atom is 0.255 e. The van der Waals surface area contributed by atoms with E-state index < -0.39 is 0 Å². The fourth-order valence-corrected chi connectivity index (χ4v) is 2.78. The van der Waals surface area contributed by atoms with E-state index in [2.05, 4.69) is 26.9 Å². The van der Waals surface area contributed by atoms with E-state index in [0.717, 1.165) is 47.0 Å². The summed E-state index contributed by atoms with van der Waals surface area (Å²) in [4.78, 5) is 30.6. The fourth-order valence-electron chi connectivity index (χ4n) is 2.78. The number of imidazole rings is 1. The van der Waals surface area contributed by atoms with E-state index in [1.807, 2.05) is 39.1 Å². The molecular weight excluding hydrogens is 326 g/mol. The van der Waals surface area contributed by atoms with Crippen LogP contribution in [0.3, 0.4) is 0 Å². The van der Waals surface area contributed by atoms with Gasteiger partial charge >= 0.3 is 0 Å². The molecule has 0 saturated carbocycles. The molecule has 3 rings (SSSR count). The van der Waals surface area contributed by atoms with E-state index in [1.54, 1.807) is 23.5 Å². The lowest BCUT2D eigenvalue weighted by Gasteiger charge is -2.16. The average Bonchev–Trinajstić information content (AvgIpc) is 3.00. The van der Waals surface area contributed by atoms with Gasteiger partial charge in [-0.05, 0) is 44.0 Å². The smallest absolute Gasteiger partial charge is 0.255 e. The van der Waals surface area contributed by atoms with Crippen LogP contribution in [0.15, 0.2) is 36.8 Å². The number of rotatable bonds is 5. The van der Waals surface area contributed by atoms with Crippen molar-refractivity contribution in [2.24, 2.45) is 0 Å². The Balaban J connectivity index is 1.93. The summed E-state index contributed by atoms with van der Waals surface area (Å²) < 4.78 is 0. The lowest BCUT2D eigenvalue weighted by molar-refractivity contribution is 0.0795. The number of nitrogens with zero attached hydrogens (tertiary/aromatic N) is 4. The van der Waals surface area contributed by atoms with Crippen molar-refractivity contribution >= 4 is 5.91 Å². The molecule has 0 spiro atoms. The first-order valence-corrected chi connectivity index (χ1v) is 8.70. The van der Waals surface area contributed by atoms with Crippen molar-refractivity contribution in [1.82, 2.24) is 24.8 Å². The lowest BCUT2D eigenvalue weighted by atomic mass is 10.1. The Morgan fingerprint density at radius 1 is 1.19 bits per heavy atom. The quantitative estimate of drug-likeness (QED) is 0.763. The normalized spacial score (nSPS) is 10.8. The van der Waals surface area contributed by atoms with E-state index in [0.29, 0.717) is 5.56 Å². The van der Waals surface area contributed by atoms with E-state index in [1.165, 1.54) is 0 Å². The molecule has 1 amide bonds. The van der Waals surface area contributed by atoms with Crippen LogP contribution in [-0.2, 0) is 0 Å². The van der Waals surface area contributed by atoms with Crippen LogP contribution in [0.2, 0.25) is 0 Å². The average molecular weight is 349 g/mol. The van der Waals surface area contributed by atoms with Gasteiger partial charge in [-0.25, -0.2) is 4.98 Å². The second-order valence-electron chi connectivity index (χ2n) is 6.41. The van der Waals surface area contributed by atoms with Gasteiger partial charge < -0.3 is 9.88 Å². The minimum atomic E-state index is -0.0206. The van der Waals surface area contributed by atoms with Gasteiger partial charge in [0, 0.05) is 43.4 Å². The number of hydrogen-bond donors (Lipinski definition) is 1. The van der Waals surface area contributed by atoms with Gasteiger partial charge in [-0.1, -0.05) is 6.92 Å². The molecule has 0 atom stereocenters. The second-order valence-corrected chi connectivity index (χ2v) is 6.41. The Morgan fingerprint density at radius 2 is 2.00 bits per heavy atom. The molecule has 6 heteroatoms. The number of hydrogen-bond acceptors (Lipinski definition) is 4. The zero-order chi connectivity index (χ0) is 18.7. The van der Waals surface area contributed by atoms with Crippen LogP contribution in [0, 0.1) is 13.8 Å². The van der Waals surface area contributed by atoms with Crippen molar-refractivity contribution in [3.05, 3.63) is 53.7 Å². The molecule has 1 N–H and O–H groups in total. The monoisotopic (exact) mass is 349 g/mol. The summed E-state index contributed by atoms with van der Waals surface area (Å²) in [5.41, 5.74) is 5.16. The largest absolute Gasteiger partial charge is 0.342 e. The zero-order valence-corrected chi connectivity index (χ0v) is 15.6. The Kier molecular flexibility index (Phi) is 5.11. The maximum atomic E-state index is 12.5. The molecule has 0 unspecified atom stereocenters. The third kappa shape index (κ3) is 3.64. The molecular formula is C20H23N5O. The van der Waals surface area contributed by atoms with E-state index in [9.17, 15) is 4.79 Å². The molecule has 0 radical (unpaired) electrons. The first kappa shape index (κ1) is 17.8. The first-order valence-electron chi connectivity index (χ1n) is 8.70. The molecule has 26 heavy (non-hydrogen) atoms. The Labute approximate surface area is 153 Å². The van der Waals surface area contributed by atoms with Gasteiger partial charge in [0.15, 0.2) is 5.82 Å². The van der Waals surface area contributed by atoms with Crippen molar-refractivity contribution in [3.63, 3.8) is 0 Å². The van der Waals surface area contributed by atoms with Crippen LogP contribution in [-0.4, -0.2) is 44.3 Å². The molecule has 0 aromatic carbocycles. The number of aromatic amines is 1. The zero-order valence-electron chi connectivity index (χ0n) is 15.6. The van der Waals surface area contributed by atoms with Gasteiger partial charge in [0.05, 0.1) is 11.3 Å². The number of amides is 1. The van der Waals surface area contributed by atoms with Gasteiger partial charge in [0.25, 0.3) is 5.91 Å². The predicted molar refractivity (Wildman–Crippen MR) is 102 cm³/mol. The third-order valence-electron chi connectivity index (χ3n) is 4.35. The standard InChI is InChI=1S/C20H23N5O/c1-5-8-25(4)20(26)17-9-16(11-21-12-17)15-6-7-22-18(10-15)19-23-13(2)14(3)24-19/h6-7,9-12H,5,8H2,1-4H3,(H,23,24). The Hall–Kier alpha value is -3.02. The van der Waals surface area contributed by atoms with Gasteiger partial charge in [0.1, 0.15) is 5.69 Å². The minimum Gasteiger partial charge on any atom is -0.342 e. The number of aryl methyl sites for hydroxylation is 2. The minimum absolute atomic E-state index is 0.0206. The summed E-state index contributed by atoms with van der Waals surface area (Å²) in [5.74, 6) is 0.720. The summed E-state index contributed by atoms with van der Waals surface area (Å²) in [6, 6.07) is 5.74. The molecule has 0 saturated heterocycles. The fraction of sp³-hybridized carbons (Fsp3) is 0.300. The SMILES string of the molecule is CCCN(C)C(=O)c1cncc(-c2ccnc(-c3nc(C)c(C)[nH]3)c2)c1. The van der Waals surface area contributed by atoms with Crippen molar-refractivity contribution in [2.75, 3.05) is 13.6 Å². The number of carbonyl (C=O) groups is 1. The van der Waals surface area contributed by atoms with Crippen molar-refractivity contribution in [2.45, 2.75) is 27.2 Å². The van der Waals surface area contributed by atoms with E-state index >= 15 is 0 Å². The Morgan fingerprint density at radius 3 is 2.69 bits per heavy atom. The summed E-state index contributed by atoms with van der Waals surface area (Å²) in [6.07, 6.45) is 6.04. The highest BCUT2D eigenvalue weighted by molar-refractivity contribution is 5.95. The van der Waals surface area contributed by atoms with Crippen molar-refractivity contribution in [1.29, 1.82) is 0 Å². The highest BCUT2D eigenvalue weighted by atomic mass is 16.2. The molecule has 134 valence electrons. The van der Waals surface area contributed by atoms with Gasteiger partial charge in [-0.15, -0.1) is 0 Å². The maximum absolute atomic E-state index is 12.5. The first-order chi connectivity index (χ1) is 12.5. The summed E-state index contributed by atoms with van der Waals surface area (Å²) in [5, 5.41) is 0. The number of aromatic nitrogens is 4.